The number of thiophene rings is 1. The number of hydrogen-bond donors (Lipinski definition) is 1. The second-order valence-electron chi connectivity index (χ2n) is 6.32. The van der Waals surface area contributed by atoms with Crippen molar-refractivity contribution in [1.29, 1.82) is 0 Å². The van der Waals surface area contributed by atoms with E-state index in [2.05, 4.69) is 10.2 Å². The quantitative estimate of drug-likeness (QED) is 0.774. The van der Waals surface area contributed by atoms with Crippen LogP contribution in [0.15, 0.2) is 17.5 Å². The molecule has 1 aromatic heterocycles. The van der Waals surface area contributed by atoms with Gasteiger partial charge < -0.3 is 10.2 Å². The number of carbonyl (C=O) groups is 1. The van der Waals surface area contributed by atoms with Crippen molar-refractivity contribution in [2.24, 2.45) is 0 Å². The fourth-order valence-electron chi connectivity index (χ4n) is 2.97. The van der Waals surface area contributed by atoms with Crippen molar-refractivity contribution in [3.8, 4) is 0 Å². The highest BCUT2D eigenvalue weighted by Crippen LogP contribution is 2.25. The molecule has 1 atom stereocenters. The summed E-state index contributed by atoms with van der Waals surface area (Å²) in [6.45, 7) is 0.496. The lowest BCUT2D eigenvalue weighted by Gasteiger charge is -2.23. The molecule has 1 fully saturated rings. The molecule has 5 nitrogen and oxygen atoms in total. The topological polar surface area (TPSA) is 66.5 Å². The molecule has 1 N–H and O–H groups in total. The predicted molar refractivity (Wildman–Crippen MR) is 94.4 cm³/mol. The first-order valence-electron chi connectivity index (χ1n) is 8.08. The van der Waals surface area contributed by atoms with Crippen LogP contribution in [0.4, 0.5) is 0 Å². The summed E-state index contributed by atoms with van der Waals surface area (Å²) >= 11 is 1.66. The Balaban J connectivity index is 1.80. The normalized spacial score (nSPS) is 17.5. The van der Waals surface area contributed by atoms with E-state index in [4.69, 9.17) is 0 Å². The van der Waals surface area contributed by atoms with Crippen LogP contribution in [0.5, 0.6) is 0 Å². The Hall–Kier alpha value is -0.920. The third kappa shape index (κ3) is 5.29. The lowest BCUT2D eigenvalue weighted by molar-refractivity contribution is -0.120. The van der Waals surface area contributed by atoms with E-state index >= 15 is 0 Å². The number of nitrogens with one attached hydrogen (secondary N) is 1. The summed E-state index contributed by atoms with van der Waals surface area (Å²) in [6.07, 6.45) is 3.54. The monoisotopic (exact) mass is 358 g/mol. The molecule has 1 aliphatic rings. The van der Waals surface area contributed by atoms with Gasteiger partial charge in [0.15, 0.2) is 9.84 Å². The van der Waals surface area contributed by atoms with Gasteiger partial charge in [-0.3, -0.25) is 4.79 Å². The number of carbonyl (C=O) groups excluding carboxylic acids is 1. The van der Waals surface area contributed by atoms with Crippen molar-refractivity contribution in [2.45, 2.75) is 43.4 Å². The van der Waals surface area contributed by atoms with Crippen LogP contribution in [0.3, 0.4) is 0 Å². The number of nitrogens with zero attached hydrogens (tertiary/aromatic N) is 1. The molecular formula is C16H26N2O3S2. The maximum atomic E-state index is 12.2. The van der Waals surface area contributed by atoms with Gasteiger partial charge >= 0.3 is 0 Å². The molecular weight excluding hydrogens is 332 g/mol. The van der Waals surface area contributed by atoms with E-state index in [1.807, 2.05) is 31.6 Å². The zero-order valence-corrected chi connectivity index (χ0v) is 15.5. The van der Waals surface area contributed by atoms with Gasteiger partial charge in [0, 0.05) is 17.8 Å². The lowest BCUT2D eigenvalue weighted by atomic mass is 10.2. The first-order valence-corrected chi connectivity index (χ1v) is 10.7. The Morgan fingerprint density at radius 3 is 2.65 bits per heavy atom. The van der Waals surface area contributed by atoms with E-state index in [9.17, 15) is 13.2 Å². The fourth-order valence-corrected chi connectivity index (χ4v) is 5.74. The molecule has 0 saturated heterocycles. The van der Waals surface area contributed by atoms with Gasteiger partial charge in [-0.2, -0.15) is 0 Å². The van der Waals surface area contributed by atoms with Crippen LogP contribution >= 0.6 is 11.3 Å². The minimum atomic E-state index is -3.12. The predicted octanol–water partition coefficient (Wildman–Crippen LogP) is 2.21. The van der Waals surface area contributed by atoms with Gasteiger partial charge in [0.1, 0.15) is 0 Å². The highest BCUT2D eigenvalue weighted by molar-refractivity contribution is 7.92. The molecule has 0 bridgehead atoms. The van der Waals surface area contributed by atoms with Crippen LogP contribution in [0.25, 0.3) is 0 Å². The number of likely N-dealkylation sites (N-methyl/N-ethyl adjacent to an activating group) is 1. The van der Waals surface area contributed by atoms with Gasteiger partial charge in [0.25, 0.3) is 0 Å². The van der Waals surface area contributed by atoms with Crippen molar-refractivity contribution < 1.29 is 13.2 Å². The number of amides is 1. The first-order chi connectivity index (χ1) is 10.9. The van der Waals surface area contributed by atoms with Crippen molar-refractivity contribution in [1.82, 2.24) is 10.2 Å². The molecule has 23 heavy (non-hydrogen) atoms. The molecule has 0 aliphatic heterocycles. The van der Waals surface area contributed by atoms with E-state index in [-0.39, 0.29) is 29.4 Å². The van der Waals surface area contributed by atoms with Crippen molar-refractivity contribution in [3.05, 3.63) is 22.4 Å². The van der Waals surface area contributed by atoms with Crippen molar-refractivity contribution in [3.63, 3.8) is 0 Å². The van der Waals surface area contributed by atoms with Gasteiger partial charge in [-0.1, -0.05) is 18.9 Å². The second-order valence-corrected chi connectivity index (χ2v) is 9.70. The largest absolute Gasteiger partial charge is 0.354 e. The maximum Gasteiger partial charge on any atom is 0.221 e. The van der Waals surface area contributed by atoms with Crippen molar-refractivity contribution in [2.75, 3.05) is 26.4 Å². The molecule has 7 heteroatoms. The first kappa shape index (κ1) is 18.4. The van der Waals surface area contributed by atoms with Crippen LogP contribution in [0.2, 0.25) is 0 Å². The summed E-state index contributed by atoms with van der Waals surface area (Å²) in [5, 5.41) is 4.67. The van der Waals surface area contributed by atoms with Gasteiger partial charge in [0.2, 0.25) is 5.91 Å². The van der Waals surface area contributed by atoms with Crippen LogP contribution in [-0.2, 0) is 14.6 Å². The third-order valence-electron chi connectivity index (χ3n) is 4.41. The standard InChI is InChI=1S/C16H26N2O3S2/c1-18(2)14(15-8-5-10-22-15)12-17-16(19)9-11-23(20,21)13-6-3-4-7-13/h5,8,10,13-14H,3-4,6-7,9,11-12H2,1-2H3,(H,17,19)/t14-/m1/s1. The minimum absolute atomic E-state index is 0.0326. The van der Waals surface area contributed by atoms with E-state index < -0.39 is 9.84 Å². The summed E-state index contributed by atoms with van der Waals surface area (Å²) in [4.78, 5) is 15.3. The molecule has 2 rings (SSSR count). The van der Waals surface area contributed by atoms with E-state index in [0.29, 0.717) is 6.54 Å². The van der Waals surface area contributed by atoms with Gasteiger partial charge in [-0.15, -0.1) is 11.3 Å². The van der Waals surface area contributed by atoms with Crippen LogP contribution < -0.4 is 5.32 Å². The highest BCUT2D eigenvalue weighted by Gasteiger charge is 2.29. The zero-order chi connectivity index (χ0) is 16.9. The molecule has 1 heterocycles. The Bertz CT molecular complexity index is 591. The SMILES string of the molecule is CN(C)[C@H](CNC(=O)CCS(=O)(=O)C1CCCC1)c1cccs1. The van der Waals surface area contributed by atoms with E-state index in [1.165, 1.54) is 4.88 Å². The van der Waals surface area contributed by atoms with Gasteiger partial charge in [0.05, 0.1) is 17.0 Å². The summed E-state index contributed by atoms with van der Waals surface area (Å²) in [6, 6.07) is 4.16. The summed E-state index contributed by atoms with van der Waals surface area (Å²) < 4.78 is 24.4. The Labute approximate surface area is 143 Å². The van der Waals surface area contributed by atoms with E-state index in [1.54, 1.807) is 11.3 Å². The Morgan fingerprint density at radius 1 is 1.39 bits per heavy atom. The second kappa shape index (κ2) is 8.26. The minimum Gasteiger partial charge on any atom is -0.354 e. The Morgan fingerprint density at radius 2 is 2.09 bits per heavy atom. The summed E-state index contributed by atoms with van der Waals surface area (Å²) in [5.74, 6) is -0.218. The molecule has 0 spiro atoms. The maximum absolute atomic E-state index is 12.2. The molecule has 1 amide bonds. The average molecular weight is 359 g/mol. The van der Waals surface area contributed by atoms with Gasteiger partial charge in [-0.25, -0.2) is 8.42 Å². The van der Waals surface area contributed by atoms with Gasteiger partial charge in [-0.05, 0) is 38.4 Å². The molecule has 1 aliphatic carbocycles. The van der Waals surface area contributed by atoms with Crippen LogP contribution in [-0.4, -0.2) is 50.9 Å². The third-order valence-corrected chi connectivity index (χ3v) is 7.65. The van der Waals surface area contributed by atoms with Crippen LogP contribution in [0.1, 0.15) is 43.0 Å². The summed E-state index contributed by atoms with van der Waals surface area (Å²) in [7, 11) is 0.824. The highest BCUT2D eigenvalue weighted by atomic mass is 32.2. The average Bonchev–Trinajstić information content (AvgIpc) is 3.18. The molecule has 0 radical (unpaired) electrons. The fraction of sp³-hybridized carbons (Fsp3) is 0.688. The van der Waals surface area contributed by atoms with Crippen LogP contribution in [0, 0.1) is 0 Å². The number of hydrogen-bond acceptors (Lipinski definition) is 5. The molecule has 1 aromatic rings. The molecule has 130 valence electrons. The Kier molecular flexibility index (Phi) is 6.61. The van der Waals surface area contributed by atoms with E-state index in [0.717, 1.165) is 25.7 Å². The molecule has 0 unspecified atom stereocenters. The smallest absolute Gasteiger partial charge is 0.221 e. The van der Waals surface area contributed by atoms with Crippen molar-refractivity contribution >= 4 is 27.1 Å². The lowest BCUT2D eigenvalue weighted by Crippen LogP contribution is -2.35. The number of sulfone groups is 1. The summed E-state index contributed by atoms with van der Waals surface area (Å²) in [5.41, 5.74) is 0. The molecule has 0 aromatic carbocycles. The molecule has 1 saturated carbocycles. The number of rotatable bonds is 8. The zero-order valence-electron chi connectivity index (χ0n) is 13.8.